The van der Waals surface area contributed by atoms with Crippen molar-refractivity contribution in [2.75, 3.05) is 20.2 Å². The number of nitrogens with one attached hydrogen (secondary N) is 1. The molecule has 0 heterocycles. The summed E-state index contributed by atoms with van der Waals surface area (Å²) in [5.41, 5.74) is 8.63. The minimum Gasteiger partial charge on any atom is -0.496 e. The molecule has 3 N–H and O–H groups in total. The third-order valence-corrected chi connectivity index (χ3v) is 3.38. The fraction of sp³-hybridized carbons (Fsp3) is 0.533. The van der Waals surface area contributed by atoms with Gasteiger partial charge in [0.25, 0.3) is 0 Å². The predicted octanol–water partition coefficient (Wildman–Crippen LogP) is 1.66. The second-order valence-corrected chi connectivity index (χ2v) is 5.50. The Morgan fingerprint density at radius 1 is 1.32 bits per heavy atom. The number of carbonyl (C=O) groups excluding carboxylic acids is 1. The van der Waals surface area contributed by atoms with Crippen LogP contribution in [0.15, 0.2) is 12.1 Å². The molecule has 0 aliphatic rings. The zero-order chi connectivity index (χ0) is 14.6. The van der Waals surface area contributed by atoms with Crippen LogP contribution in [0.4, 0.5) is 0 Å². The number of rotatable bonds is 5. The Kier molecular flexibility index (Phi) is 4.95. The number of hydrogen-bond acceptors (Lipinski definition) is 3. The van der Waals surface area contributed by atoms with Crippen molar-refractivity contribution in [3.8, 4) is 5.75 Å². The van der Waals surface area contributed by atoms with Gasteiger partial charge in [0.1, 0.15) is 5.75 Å². The van der Waals surface area contributed by atoms with E-state index in [1.54, 1.807) is 7.11 Å². The summed E-state index contributed by atoms with van der Waals surface area (Å²) in [6.45, 7) is 8.89. The summed E-state index contributed by atoms with van der Waals surface area (Å²) in [5.74, 6) is 0.763. The van der Waals surface area contributed by atoms with Crippen molar-refractivity contribution in [3.05, 3.63) is 28.8 Å². The molecule has 106 valence electrons. The largest absolute Gasteiger partial charge is 0.496 e. The lowest BCUT2D eigenvalue weighted by molar-refractivity contribution is -0.119. The average molecular weight is 264 g/mol. The Morgan fingerprint density at radius 3 is 2.47 bits per heavy atom. The van der Waals surface area contributed by atoms with Gasteiger partial charge in [-0.2, -0.15) is 0 Å². The van der Waals surface area contributed by atoms with Crippen molar-refractivity contribution >= 4 is 5.91 Å². The van der Waals surface area contributed by atoms with E-state index in [2.05, 4.69) is 32.2 Å². The van der Waals surface area contributed by atoms with Gasteiger partial charge >= 0.3 is 0 Å². The van der Waals surface area contributed by atoms with Crippen LogP contribution in [-0.2, 0) is 10.2 Å². The fourth-order valence-corrected chi connectivity index (χ4v) is 2.23. The third kappa shape index (κ3) is 3.70. The molecule has 0 aromatic heterocycles. The van der Waals surface area contributed by atoms with Crippen LogP contribution < -0.4 is 15.8 Å². The average Bonchev–Trinajstić information content (AvgIpc) is 2.38. The topological polar surface area (TPSA) is 64.3 Å². The third-order valence-electron chi connectivity index (χ3n) is 3.38. The quantitative estimate of drug-likeness (QED) is 0.850. The van der Waals surface area contributed by atoms with Gasteiger partial charge in [0.15, 0.2) is 0 Å². The van der Waals surface area contributed by atoms with E-state index in [1.165, 1.54) is 5.56 Å². The van der Waals surface area contributed by atoms with E-state index in [1.807, 2.05) is 13.0 Å². The lowest BCUT2D eigenvalue weighted by Crippen LogP contribution is -2.39. The first-order valence-electron chi connectivity index (χ1n) is 6.44. The van der Waals surface area contributed by atoms with Crippen molar-refractivity contribution in [3.63, 3.8) is 0 Å². The van der Waals surface area contributed by atoms with Crippen LogP contribution in [0.25, 0.3) is 0 Å². The molecule has 0 unspecified atom stereocenters. The first-order valence-corrected chi connectivity index (χ1v) is 6.44. The molecule has 4 nitrogen and oxygen atoms in total. The number of benzene rings is 1. The Balaban J connectivity index is 3.00. The summed E-state index contributed by atoms with van der Waals surface area (Å²) >= 11 is 0. The maximum absolute atomic E-state index is 11.3. The SMILES string of the molecule is COc1cc(C)c(C(C)(C)CNC(=O)CN)cc1C. The van der Waals surface area contributed by atoms with Gasteiger partial charge in [-0.15, -0.1) is 0 Å². The number of aryl methyl sites for hydroxylation is 2. The molecule has 19 heavy (non-hydrogen) atoms. The van der Waals surface area contributed by atoms with E-state index < -0.39 is 0 Å². The number of carbonyl (C=O) groups is 1. The molecule has 1 aromatic carbocycles. The molecule has 0 aliphatic carbocycles. The van der Waals surface area contributed by atoms with Gasteiger partial charge in [0.05, 0.1) is 13.7 Å². The predicted molar refractivity (Wildman–Crippen MR) is 77.6 cm³/mol. The Labute approximate surface area is 115 Å². The molecule has 0 fully saturated rings. The minimum atomic E-state index is -0.147. The first-order chi connectivity index (χ1) is 8.81. The monoisotopic (exact) mass is 264 g/mol. The molecule has 1 amide bonds. The second kappa shape index (κ2) is 6.06. The van der Waals surface area contributed by atoms with Gasteiger partial charge in [-0.05, 0) is 36.6 Å². The van der Waals surface area contributed by atoms with Crippen LogP contribution in [0.2, 0.25) is 0 Å². The molecule has 0 bridgehead atoms. The highest BCUT2D eigenvalue weighted by Crippen LogP contribution is 2.31. The van der Waals surface area contributed by atoms with Gasteiger partial charge < -0.3 is 15.8 Å². The van der Waals surface area contributed by atoms with Gasteiger partial charge in [-0.3, -0.25) is 4.79 Å². The highest BCUT2D eigenvalue weighted by molar-refractivity contribution is 5.77. The second-order valence-electron chi connectivity index (χ2n) is 5.50. The molecule has 0 saturated heterocycles. The molecule has 0 aliphatic heterocycles. The molecule has 4 heteroatoms. The van der Waals surface area contributed by atoms with Crippen molar-refractivity contribution in [1.82, 2.24) is 5.32 Å². The van der Waals surface area contributed by atoms with E-state index in [0.717, 1.165) is 16.9 Å². The van der Waals surface area contributed by atoms with Gasteiger partial charge in [0, 0.05) is 12.0 Å². The van der Waals surface area contributed by atoms with Crippen LogP contribution in [0.1, 0.15) is 30.5 Å². The molecule has 0 radical (unpaired) electrons. The zero-order valence-electron chi connectivity index (χ0n) is 12.5. The summed E-state index contributed by atoms with van der Waals surface area (Å²) < 4.78 is 5.32. The Morgan fingerprint density at radius 2 is 1.95 bits per heavy atom. The van der Waals surface area contributed by atoms with Crippen LogP contribution in [0.3, 0.4) is 0 Å². The Hall–Kier alpha value is -1.55. The van der Waals surface area contributed by atoms with E-state index >= 15 is 0 Å². The highest BCUT2D eigenvalue weighted by Gasteiger charge is 2.24. The van der Waals surface area contributed by atoms with E-state index in [9.17, 15) is 4.79 Å². The molecular formula is C15H24N2O2. The van der Waals surface area contributed by atoms with Crippen molar-refractivity contribution in [2.24, 2.45) is 5.73 Å². The number of nitrogens with two attached hydrogens (primary N) is 1. The minimum absolute atomic E-state index is 0.0245. The maximum Gasteiger partial charge on any atom is 0.233 e. The summed E-state index contributed by atoms with van der Waals surface area (Å²) in [4.78, 5) is 11.3. The van der Waals surface area contributed by atoms with Crippen molar-refractivity contribution in [1.29, 1.82) is 0 Å². The van der Waals surface area contributed by atoms with Gasteiger partial charge in [0.2, 0.25) is 5.91 Å². The molecule has 1 aromatic rings. The lowest BCUT2D eigenvalue weighted by Gasteiger charge is -2.28. The normalized spacial score (nSPS) is 11.3. The summed E-state index contributed by atoms with van der Waals surface area (Å²) in [5, 5.41) is 2.85. The summed E-state index contributed by atoms with van der Waals surface area (Å²) in [6.07, 6.45) is 0. The van der Waals surface area contributed by atoms with E-state index in [4.69, 9.17) is 10.5 Å². The van der Waals surface area contributed by atoms with Gasteiger partial charge in [-0.1, -0.05) is 19.9 Å². The number of hydrogen-bond donors (Lipinski definition) is 2. The zero-order valence-corrected chi connectivity index (χ0v) is 12.5. The van der Waals surface area contributed by atoms with Crippen LogP contribution >= 0.6 is 0 Å². The molecule has 1 rings (SSSR count). The molecule has 0 spiro atoms. The fourth-order valence-electron chi connectivity index (χ4n) is 2.23. The number of methoxy groups -OCH3 is 1. The first kappa shape index (κ1) is 15.5. The highest BCUT2D eigenvalue weighted by atomic mass is 16.5. The van der Waals surface area contributed by atoms with Crippen LogP contribution in [0, 0.1) is 13.8 Å². The molecular weight excluding hydrogens is 240 g/mol. The lowest BCUT2D eigenvalue weighted by atomic mass is 9.81. The smallest absolute Gasteiger partial charge is 0.233 e. The Bertz CT molecular complexity index is 467. The number of ether oxygens (including phenoxy) is 1. The molecule has 0 atom stereocenters. The van der Waals surface area contributed by atoms with Crippen molar-refractivity contribution < 1.29 is 9.53 Å². The standard InChI is InChI=1S/C15H24N2O2/c1-10-7-13(19-5)11(2)6-12(10)15(3,4)9-17-14(18)8-16/h6-7H,8-9,16H2,1-5H3,(H,17,18). The van der Waals surface area contributed by atoms with Crippen LogP contribution in [0.5, 0.6) is 5.75 Å². The summed E-state index contributed by atoms with van der Waals surface area (Å²) in [7, 11) is 1.67. The maximum atomic E-state index is 11.3. The van der Waals surface area contributed by atoms with E-state index in [0.29, 0.717) is 6.54 Å². The number of amides is 1. The van der Waals surface area contributed by atoms with Gasteiger partial charge in [-0.25, -0.2) is 0 Å². The summed E-state index contributed by atoms with van der Waals surface area (Å²) in [6, 6.07) is 4.17. The van der Waals surface area contributed by atoms with Crippen molar-refractivity contribution in [2.45, 2.75) is 33.1 Å². The van der Waals surface area contributed by atoms with E-state index in [-0.39, 0.29) is 17.9 Å². The van der Waals surface area contributed by atoms with Crippen LogP contribution in [-0.4, -0.2) is 26.1 Å². The molecule has 0 saturated carbocycles.